The molecule has 0 saturated carbocycles. The van der Waals surface area contributed by atoms with Crippen molar-refractivity contribution in [3.05, 3.63) is 76.3 Å². The Bertz CT molecular complexity index is 623. The number of benzene rings is 2. The van der Waals surface area contributed by atoms with Crippen molar-refractivity contribution < 1.29 is 9.90 Å². The highest BCUT2D eigenvalue weighted by atomic mass is 79.9. The molecular formula is C18H18BrNO2. The van der Waals surface area contributed by atoms with E-state index in [0.29, 0.717) is 6.42 Å². The molecule has 1 amide bonds. The van der Waals surface area contributed by atoms with Crippen LogP contribution in [0.15, 0.2) is 65.1 Å². The van der Waals surface area contributed by atoms with Crippen molar-refractivity contribution in [1.29, 1.82) is 0 Å². The second kappa shape index (κ2) is 8.51. The molecule has 0 bridgehead atoms. The third kappa shape index (κ3) is 5.47. The van der Waals surface area contributed by atoms with Gasteiger partial charge in [-0.05, 0) is 35.8 Å². The lowest BCUT2D eigenvalue weighted by molar-refractivity contribution is -0.117. The molecule has 0 fully saturated rings. The highest BCUT2D eigenvalue weighted by Crippen LogP contribution is 2.11. The Labute approximate surface area is 138 Å². The van der Waals surface area contributed by atoms with Gasteiger partial charge in [0.25, 0.3) is 0 Å². The highest BCUT2D eigenvalue weighted by Gasteiger charge is 2.10. The normalized spacial score (nSPS) is 12.3. The molecule has 0 heterocycles. The maximum absolute atomic E-state index is 11.9. The molecule has 22 heavy (non-hydrogen) atoms. The van der Waals surface area contributed by atoms with Gasteiger partial charge in [-0.25, -0.2) is 0 Å². The number of hydrogen-bond donors (Lipinski definition) is 2. The number of rotatable bonds is 6. The van der Waals surface area contributed by atoms with Gasteiger partial charge in [0.2, 0.25) is 5.91 Å². The van der Waals surface area contributed by atoms with Gasteiger partial charge in [0.15, 0.2) is 0 Å². The molecule has 0 saturated heterocycles. The lowest BCUT2D eigenvalue weighted by atomic mass is 10.1. The topological polar surface area (TPSA) is 49.3 Å². The van der Waals surface area contributed by atoms with Crippen LogP contribution in [0.2, 0.25) is 0 Å². The van der Waals surface area contributed by atoms with Gasteiger partial charge in [0, 0.05) is 10.5 Å². The van der Waals surface area contributed by atoms with Crippen LogP contribution >= 0.6 is 15.9 Å². The Balaban J connectivity index is 1.90. The van der Waals surface area contributed by atoms with Gasteiger partial charge in [-0.2, -0.15) is 0 Å². The molecule has 4 heteroatoms. The fourth-order valence-corrected chi connectivity index (χ4v) is 2.32. The number of amides is 1. The summed E-state index contributed by atoms with van der Waals surface area (Å²) in [5.41, 5.74) is 2.03. The van der Waals surface area contributed by atoms with Crippen LogP contribution < -0.4 is 5.32 Å². The van der Waals surface area contributed by atoms with Crippen LogP contribution in [0.5, 0.6) is 0 Å². The average Bonchev–Trinajstić information content (AvgIpc) is 2.54. The number of nitrogens with one attached hydrogen (secondary N) is 1. The van der Waals surface area contributed by atoms with Crippen LogP contribution in [-0.4, -0.2) is 23.7 Å². The van der Waals surface area contributed by atoms with E-state index in [0.717, 1.165) is 15.6 Å². The summed E-state index contributed by atoms with van der Waals surface area (Å²) in [6, 6.07) is 17.2. The predicted molar refractivity (Wildman–Crippen MR) is 92.3 cm³/mol. The van der Waals surface area contributed by atoms with Gasteiger partial charge in [0.1, 0.15) is 0 Å². The second-order valence-corrected chi connectivity index (χ2v) is 5.88. The quantitative estimate of drug-likeness (QED) is 0.778. The summed E-state index contributed by atoms with van der Waals surface area (Å²) >= 11 is 3.37. The molecule has 1 atom stereocenters. The minimum Gasteiger partial charge on any atom is -0.394 e. The molecule has 2 N–H and O–H groups in total. The van der Waals surface area contributed by atoms with E-state index in [1.165, 1.54) is 6.08 Å². The molecule has 114 valence electrons. The minimum absolute atomic E-state index is 0.0905. The zero-order valence-corrected chi connectivity index (χ0v) is 13.7. The third-order valence-electron chi connectivity index (χ3n) is 3.19. The molecule has 2 aromatic rings. The number of halogens is 1. The molecule has 0 aromatic heterocycles. The Morgan fingerprint density at radius 2 is 1.82 bits per heavy atom. The van der Waals surface area contributed by atoms with Crippen molar-refractivity contribution in [3.8, 4) is 0 Å². The van der Waals surface area contributed by atoms with E-state index in [9.17, 15) is 9.90 Å². The summed E-state index contributed by atoms with van der Waals surface area (Å²) in [6.45, 7) is -0.0905. The first kappa shape index (κ1) is 16.5. The number of hydrogen-bond acceptors (Lipinski definition) is 2. The predicted octanol–water partition coefficient (Wildman–Crippen LogP) is 3.18. The van der Waals surface area contributed by atoms with Crippen LogP contribution in [0.25, 0.3) is 6.08 Å². The molecule has 0 unspecified atom stereocenters. The molecule has 0 spiro atoms. The largest absolute Gasteiger partial charge is 0.394 e. The maximum Gasteiger partial charge on any atom is 0.244 e. The zero-order valence-electron chi connectivity index (χ0n) is 12.1. The van der Waals surface area contributed by atoms with Gasteiger partial charge >= 0.3 is 0 Å². The molecule has 2 aromatic carbocycles. The number of carbonyl (C=O) groups is 1. The fourth-order valence-electron chi connectivity index (χ4n) is 2.05. The van der Waals surface area contributed by atoms with Crippen molar-refractivity contribution in [1.82, 2.24) is 5.32 Å². The van der Waals surface area contributed by atoms with Crippen LogP contribution in [0.4, 0.5) is 0 Å². The van der Waals surface area contributed by atoms with Gasteiger partial charge < -0.3 is 10.4 Å². The van der Waals surface area contributed by atoms with Crippen molar-refractivity contribution in [2.75, 3.05) is 6.61 Å². The monoisotopic (exact) mass is 359 g/mol. The molecule has 0 aliphatic rings. The second-order valence-electron chi connectivity index (χ2n) is 4.96. The van der Waals surface area contributed by atoms with E-state index < -0.39 is 0 Å². The van der Waals surface area contributed by atoms with E-state index in [1.807, 2.05) is 54.6 Å². The SMILES string of the molecule is O=C(/C=C/c1ccc(Br)cc1)N[C@H](CO)Cc1ccccc1. The average molecular weight is 360 g/mol. The first-order chi connectivity index (χ1) is 10.7. The van der Waals surface area contributed by atoms with E-state index in [-0.39, 0.29) is 18.6 Å². The van der Waals surface area contributed by atoms with Crippen molar-refractivity contribution in [2.24, 2.45) is 0 Å². The zero-order chi connectivity index (χ0) is 15.8. The van der Waals surface area contributed by atoms with E-state index in [2.05, 4.69) is 21.2 Å². The Morgan fingerprint density at radius 3 is 2.45 bits per heavy atom. The number of aliphatic hydroxyl groups excluding tert-OH is 1. The third-order valence-corrected chi connectivity index (χ3v) is 3.72. The van der Waals surface area contributed by atoms with Gasteiger partial charge in [0.05, 0.1) is 12.6 Å². The summed E-state index contributed by atoms with van der Waals surface area (Å²) in [5.74, 6) is -0.210. The molecular weight excluding hydrogens is 342 g/mol. The van der Waals surface area contributed by atoms with Crippen LogP contribution in [-0.2, 0) is 11.2 Å². The van der Waals surface area contributed by atoms with E-state index >= 15 is 0 Å². The Kier molecular flexibility index (Phi) is 6.37. The van der Waals surface area contributed by atoms with Crippen LogP contribution in [0.1, 0.15) is 11.1 Å². The minimum atomic E-state index is -0.288. The van der Waals surface area contributed by atoms with E-state index in [1.54, 1.807) is 6.08 Å². The highest BCUT2D eigenvalue weighted by molar-refractivity contribution is 9.10. The molecule has 0 aliphatic heterocycles. The standard InChI is InChI=1S/C18H18BrNO2/c19-16-9-6-14(7-10-16)8-11-18(22)20-17(13-21)12-15-4-2-1-3-5-15/h1-11,17,21H,12-13H2,(H,20,22)/b11-8+/t17-/m0/s1. The fraction of sp³-hybridized carbons (Fsp3) is 0.167. The molecule has 0 aliphatic carbocycles. The first-order valence-electron chi connectivity index (χ1n) is 7.06. The lowest BCUT2D eigenvalue weighted by Gasteiger charge is -2.15. The molecule has 3 nitrogen and oxygen atoms in total. The first-order valence-corrected chi connectivity index (χ1v) is 7.85. The van der Waals surface area contributed by atoms with Crippen molar-refractivity contribution in [2.45, 2.75) is 12.5 Å². The Morgan fingerprint density at radius 1 is 1.14 bits per heavy atom. The van der Waals surface area contributed by atoms with Crippen LogP contribution in [0.3, 0.4) is 0 Å². The van der Waals surface area contributed by atoms with E-state index in [4.69, 9.17) is 0 Å². The summed E-state index contributed by atoms with van der Waals surface area (Å²) in [6.07, 6.45) is 3.84. The van der Waals surface area contributed by atoms with Crippen molar-refractivity contribution >= 4 is 27.9 Å². The van der Waals surface area contributed by atoms with Crippen molar-refractivity contribution in [3.63, 3.8) is 0 Å². The summed E-state index contributed by atoms with van der Waals surface area (Å²) in [4.78, 5) is 11.9. The van der Waals surface area contributed by atoms with Gasteiger partial charge in [-0.15, -0.1) is 0 Å². The number of carbonyl (C=O) groups excluding carboxylic acids is 1. The Hall–Kier alpha value is -1.91. The van der Waals surface area contributed by atoms with Gasteiger partial charge in [-0.3, -0.25) is 4.79 Å². The summed E-state index contributed by atoms with van der Waals surface area (Å²) in [7, 11) is 0. The van der Waals surface area contributed by atoms with Gasteiger partial charge in [-0.1, -0.05) is 58.4 Å². The lowest BCUT2D eigenvalue weighted by Crippen LogP contribution is -2.38. The summed E-state index contributed by atoms with van der Waals surface area (Å²) in [5, 5.41) is 12.2. The molecule has 0 radical (unpaired) electrons. The number of aliphatic hydroxyl groups is 1. The maximum atomic E-state index is 11.9. The van der Waals surface area contributed by atoms with Crippen LogP contribution in [0, 0.1) is 0 Å². The summed E-state index contributed by atoms with van der Waals surface area (Å²) < 4.78 is 0.998. The smallest absolute Gasteiger partial charge is 0.244 e. The molecule has 2 rings (SSSR count).